The molecule has 1 atom stereocenters. The molecule has 2 rings (SSSR count). The van der Waals surface area contributed by atoms with Crippen molar-refractivity contribution in [2.75, 3.05) is 7.05 Å². The van der Waals surface area contributed by atoms with E-state index < -0.39 is 16.1 Å². The fraction of sp³-hybridized carbons (Fsp3) is 0.571. The smallest absolute Gasteiger partial charge is 0.243 e. The van der Waals surface area contributed by atoms with E-state index in [0.29, 0.717) is 4.90 Å². The Bertz CT molecular complexity index is 516. The number of hydrogen-bond donors (Lipinski definition) is 1. The van der Waals surface area contributed by atoms with E-state index in [9.17, 15) is 13.5 Å². The largest absolute Gasteiger partial charge is 0.389 e. The van der Waals surface area contributed by atoms with E-state index in [4.69, 9.17) is 0 Å². The molecule has 19 heavy (non-hydrogen) atoms. The Morgan fingerprint density at radius 3 is 2.21 bits per heavy atom. The van der Waals surface area contributed by atoms with Crippen LogP contribution in [-0.4, -0.2) is 30.9 Å². The zero-order valence-corrected chi connectivity index (χ0v) is 12.2. The van der Waals surface area contributed by atoms with Gasteiger partial charge in [-0.15, -0.1) is 0 Å². The van der Waals surface area contributed by atoms with Crippen molar-refractivity contribution >= 4 is 10.0 Å². The summed E-state index contributed by atoms with van der Waals surface area (Å²) in [6.45, 7) is 1.66. The molecule has 106 valence electrons. The molecule has 1 fully saturated rings. The number of aliphatic hydroxyl groups is 1. The highest BCUT2D eigenvalue weighted by Gasteiger charge is 2.29. The van der Waals surface area contributed by atoms with Crippen molar-refractivity contribution < 1.29 is 13.5 Å². The zero-order chi connectivity index (χ0) is 14.0. The van der Waals surface area contributed by atoms with Gasteiger partial charge in [0.1, 0.15) is 0 Å². The molecule has 0 saturated heterocycles. The Balaban J connectivity index is 2.23. The van der Waals surface area contributed by atoms with Crippen LogP contribution in [0.5, 0.6) is 0 Å². The molecule has 4 nitrogen and oxygen atoms in total. The summed E-state index contributed by atoms with van der Waals surface area (Å²) in [7, 11) is -1.75. The van der Waals surface area contributed by atoms with Crippen LogP contribution in [0.4, 0.5) is 0 Å². The van der Waals surface area contributed by atoms with E-state index >= 15 is 0 Å². The summed E-state index contributed by atoms with van der Waals surface area (Å²) in [6, 6.07) is 6.60. The molecule has 1 saturated carbocycles. The number of hydrogen-bond acceptors (Lipinski definition) is 3. The first-order valence-electron chi connectivity index (χ1n) is 6.69. The van der Waals surface area contributed by atoms with Crippen molar-refractivity contribution in [3.63, 3.8) is 0 Å². The number of nitrogens with zero attached hydrogens (tertiary/aromatic N) is 1. The molecule has 0 spiro atoms. The normalized spacial score (nSPS) is 18.9. The highest BCUT2D eigenvalue weighted by molar-refractivity contribution is 7.89. The fourth-order valence-corrected chi connectivity index (χ4v) is 3.96. The molecule has 0 heterocycles. The maximum absolute atomic E-state index is 12.5. The average molecular weight is 283 g/mol. The van der Waals surface area contributed by atoms with Crippen molar-refractivity contribution in [3.8, 4) is 0 Å². The predicted octanol–water partition coefficient (Wildman–Crippen LogP) is 2.30. The Labute approximate surface area is 115 Å². The van der Waals surface area contributed by atoms with Crippen LogP contribution < -0.4 is 0 Å². The summed E-state index contributed by atoms with van der Waals surface area (Å²) in [4.78, 5) is 0.298. The minimum absolute atomic E-state index is 0.126. The Hall–Kier alpha value is -0.910. The predicted molar refractivity (Wildman–Crippen MR) is 74.3 cm³/mol. The SMILES string of the molecule is CC(O)c1ccc(S(=O)(=O)N(C)C2CCCC2)cc1. The van der Waals surface area contributed by atoms with Crippen LogP contribution in [0.25, 0.3) is 0 Å². The van der Waals surface area contributed by atoms with Crippen LogP contribution >= 0.6 is 0 Å². The third-order valence-electron chi connectivity index (χ3n) is 3.88. The minimum atomic E-state index is -3.41. The summed E-state index contributed by atoms with van der Waals surface area (Å²) in [5.74, 6) is 0. The van der Waals surface area contributed by atoms with Gasteiger partial charge in [0, 0.05) is 13.1 Å². The Morgan fingerprint density at radius 1 is 1.21 bits per heavy atom. The summed E-state index contributed by atoms with van der Waals surface area (Å²) in [5, 5.41) is 9.44. The van der Waals surface area contributed by atoms with Gasteiger partial charge < -0.3 is 5.11 Å². The molecule has 1 N–H and O–H groups in total. The number of sulfonamides is 1. The second-order valence-corrected chi connectivity index (χ2v) is 7.20. The standard InChI is InChI=1S/C14H21NO3S/c1-11(16)12-7-9-14(10-8-12)19(17,18)15(2)13-5-3-4-6-13/h7-11,13,16H,3-6H2,1-2H3. The second kappa shape index (κ2) is 5.61. The molecule has 0 radical (unpaired) electrons. The molecule has 0 aromatic heterocycles. The molecular weight excluding hydrogens is 262 g/mol. The van der Waals surface area contributed by atoms with Crippen LogP contribution in [0.15, 0.2) is 29.2 Å². The minimum Gasteiger partial charge on any atom is -0.389 e. The van der Waals surface area contributed by atoms with E-state index in [1.807, 2.05) is 0 Å². The lowest BCUT2D eigenvalue weighted by Gasteiger charge is -2.23. The molecule has 1 aromatic carbocycles. The third kappa shape index (κ3) is 2.99. The number of aliphatic hydroxyl groups excluding tert-OH is 1. The average Bonchev–Trinajstić information content (AvgIpc) is 2.91. The lowest BCUT2D eigenvalue weighted by Crippen LogP contribution is -2.35. The summed E-state index contributed by atoms with van der Waals surface area (Å²) >= 11 is 0. The number of rotatable bonds is 4. The van der Waals surface area contributed by atoms with E-state index in [2.05, 4.69) is 0 Å². The maximum atomic E-state index is 12.5. The molecule has 1 unspecified atom stereocenters. The van der Waals surface area contributed by atoms with Crippen molar-refractivity contribution in [2.45, 2.75) is 49.6 Å². The first-order chi connectivity index (χ1) is 8.93. The molecule has 0 bridgehead atoms. The van der Waals surface area contributed by atoms with Crippen molar-refractivity contribution in [2.24, 2.45) is 0 Å². The van der Waals surface area contributed by atoms with Crippen molar-refractivity contribution in [3.05, 3.63) is 29.8 Å². The van der Waals surface area contributed by atoms with Crippen molar-refractivity contribution in [1.82, 2.24) is 4.31 Å². The highest BCUT2D eigenvalue weighted by atomic mass is 32.2. The van der Waals surface area contributed by atoms with Gasteiger partial charge in [-0.1, -0.05) is 25.0 Å². The second-order valence-electron chi connectivity index (χ2n) is 5.20. The topological polar surface area (TPSA) is 57.6 Å². The molecule has 5 heteroatoms. The Morgan fingerprint density at radius 2 is 1.74 bits per heavy atom. The van der Waals surface area contributed by atoms with Crippen LogP contribution in [0, 0.1) is 0 Å². The van der Waals surface area contributed by atoms with Gasteiger partial charge in [0.05, 0.1) is 11.0 Å². The van der Waals surface area contributed by atoms with Gasteiger partial charge in [-0.2, -0.15) is 4.31 Å². The van der Waals surface area contributed by atoms with Crippen molar-refractivity contribution in [1.29, 1.82) is 0 Å². The van der Waals surface area contributed by atoms with Crippen LogP contribution in [0.3, 0.4) is 0 Å². The van der Waals surface area contributed by atoms with E-state index in [-0.39, 0.29) is 6.04 Å². The van der Waals surface area contributed by atoms with Crippen LogP contribution in [0.2, 0.25) is 0 Å². The van der Waals surface area contributed by atoms with Gasteiger partial charge in [0.15, 0.2) is 0 Å². The fourth-order valence-electron chi connectivity index (χ4n) is 2.55. The summed E-state index contributed by atoms with van der Waals surface area (Å²) < 4.78 is 26.4. The van der Waals surface area contributed by atoms with Crippen LogP contribution in [-0.2, 0) is 10.0 Å². The van der Waals surface area contributed by atoms with E-state index in [1.165, 1.54) is 4.31 Å². The lowest BCUT2D eigenvalue weighted by molar-refractivity contribution is 0.199. The Kier molecular flexibility index (Phi) is 4.28. The number of benzene rings is 1. The lowest BCUT2D eigenvalue weighted by atomic mass is 10.1. The van der Waals surface area contributed by atoms with Gasteiger partial charge in [0.25, 0.3) is 0 Å². The molecule has 1 aromatic rings. The molecule has 0 aliphatic heterocycles. The molecule has 0 amide bonds. The summed E-state index contributed by atoms with van der Waals surface area (Å²) in [6.07, 6.45) is 3.52. The molecule has 1 aliphatic rings. The molecule has 1 aliphatic carbocycles. The van der Waals surface area contributed by atoms with E-state index in [1.54, 1.807) is 38.2 Å². The van der Waals surface area contributed by atoms with Gasteiger partial charge in [-0.3, -0.25) is 0 Å². The van der Waals surface area contributed by atoms with Gasteiger partial charge >= 0.3 is 0 Å². The third-order valence-corrected chi connectivity index (χ3v) is 5.80. The van der Waals surface area contributed by atoms with Gasteiger partial charge in [-0.25, -0.2) is 8.42 Å². The summed E-state index contributed by atoms with van der Waals surface area (Å²) in [5.41, 5.74) is 0.725. The first-order valence-corrected chi connectivity index (χ1v) is 8.13. The zero-order valence-electron chi connectivity index (χ0n) is 11.4. The quantitative estimate of drug-likeness (QED) is 0.922. The highest BCUT2D eigenvalue weighted by Crippen LogP contribution is 2.27. The van der Waals surface area contributed by atoms with Crippen LogP contribution in [0.1, 0.15) is 44.3 Å². The molecular formula is C14H21NO3S. The maximum Gasteiger partial charge on any atom is 0.243 e. The van der Waals surface area contributed by atoms with E-state index in [0.717, 1.165) is 31.2 Å². The first kappa shape index (κ1) is 14.5. The van der Waals surface area contributed by atoms with Gasteiger partial charge in [0.2, 0.25) is 10.0 Å². The monoisotopic (exact) mass is 283 g/mol. The van der Waals surface area contributed by atoms with Gasteiger partial charge in [-0.05, 0) is 37.5 Å².